The first-order valence-corrected chi connectivity index (χ1v) is 5.55. The number of halogens is 2. The first-order chi connectivity index (χ1) is 8.85. The largest absolute Gasteiger partial charge is 0.459 e. The molecule has 1 atom stereocenters. The van der Waals surface area contributed by atoms with Gasteiger partial charge in [0.25, 0.3) is 11.8 Å². The lowest BCUT2D eigenvalue weighted by Crippen LogP contribution is -2.49. The summed E-state index contributed by atoms with van der Waals surface area (Å²) in [7, 11) is 0. The number of nitrogens with one attached hydrogen (secondary N) is 2. The van der Waals surface area contributed by atoms with E-state index in [9.17, 15) is 18.4 Å². The number of nitrogens with two attached hydrogens (primary N) is 1. The Morgan fingerprint density at radius 3 is 2.74 bits per heavy atom. The number of carbonyl (C=O) groups excluding carboxylic acids is 2. The van der Waals surface area contributed by atoms with Gasteiger partial charge >= 0.3 is 0 Å². The Balaban J connectivity index is 2.43. The third-order valence-corrected chi connectivity index (χ3v) is 2.31. The molecule has 0 bridgehead atoms. The van der Waals surface area contributed by atoms with Crippen molar-refractivity contribution in [3.8, 4) is 0 Å². The molecule has 0 saturated heterocycles. The maximum Gasteiger partial charge on any atom is 0.287 e. The van der Waals surface area contributed by atoms with Crippen LogP contribution in [-0.4, -0.2) is 36.9 Å². The van der Waals surface area contributed by atoms with Gasteiger partial charge in [0, 0.05) is 0 Å². The first-order valence-electron chi connectivity index (χ1n) is 5.55. The zero-order valence-electron chi connectivity index (χ0n) is 10.3. The van der Waals surface area contributed by atoms with E-state index in [0.717, 1.165) is 0 Å². The maximum absolute atomic E-state index is 12.8. The Morgan fingerprint density at radius 2 is 2.21 bits per heavy atom. The second-order valence-electron chi connectivity index (χ2n) is 3.95. The van der Waals surface area contributed by atoms with Crippen LogP contribution in [0.2, 0.25) is 0 Å². The van der Waals surface area contributed by atoms with Crippen LogP contribution in [0.15, 0.2) is 22.8 Å². The van der Waals surface area contributed by atoms with Crippen LogP contribution in [0.4, 0.5) is 8.78 Å². The fourth-order valence-corrected chi connectivity index (χ4v) is 1.18. The topological polar surface area (TPSA) is 97.4 Å². The van der Waals surface area contributed by atoms with Gasteiger partial charge in [0.05, 0.1) is 19.4 Å². The van der Waals surface area contributed by atoms with Crippen LogP contribution in [0.1, 0.15) is 17.5 Å². The van der Waals surface area contributed by atoms with Crippen molar-refractivity contribution in [3.63, 3.8) is 0 Å². The monoisotopic (exact) mass is 275 g/mol. The summed E-state index contributed by atoms with van der Waals surface area (Å²) in [5.41, 5.74) is 4.83. The van der Waals surface area contributed by atoms with Crippen molar-refractivity contribution in [2.45, 2.75) is 18.9 Å². The summed E-state index contributed by atoms with van der Waals surface area (Å²) in [6, 6.07) is 1.97. The van der Waals surface area contributed by atoms with Crippen LogP contribution in [0, 0.1) is 0 Å². The first kappa shape index (κ1) is 15.1. The standard InChI is InChI=1S/C11H15F2N3O3/c1-7(9(17)15-6-11(12,13)5-14)16-10(18)8-3-2-4-19-8/h2-4,7H,5-6,14H2,1H3,(H,15,17)(H,16,18). The lowest BCUT2D eigenvalue weighted by molar-refractivity contribution is -0.124. The van der Waals surface area contributed by atoms with Crippen molar-refractivity contribution in [2.24, 2.45) is 5.73 Å². The molecule has 1 rings (SSSR count). The van der Waals surface area contributed by atoms with Crippen molar-refractivity contribution < 1.29 is 22.8 Å². The number of carbonyl (C=O) groups is 2. The van der Waals surface area contributed by atoms with E-state index >= 15 is 0 Å². The normalized spacial score (nSPS) is 12.8. The molecule has 6 nitrogen and oxygen atoms in total. The SMILES string of the molecule is CC(NC(=O)c1ccco1)C(=O)NCC(F)(F)CN. The van der Waals surface area contributed by atoms with Gasteiger partial charge in [0.1, 0.15) is 6.04 Å². The molecule has 0 aliphatic carbocycles. The van der Waals surface area contributed by atoms with Crippen molar-refractivity contribution in [1.82, 2.24) is 10.6 Å². The molecule has 1 unspecified atom stereocenters. The lowest BCUT2D eigenvalue weighted by Gasteiger charge is -2.17. The van der Waals surface area contributed by atoms with Crippen molar-refractivity contribution >= 4 is 11.8 Å². The Kier molecular flexibility index (Phi) is 4.99. The third kappa shape index (κ3) is 4.66. The maximum atomic E-state index is 12.8. The van der Waals surface area contributed by atoms with Crippen LogP contribution >= 0.6 is 0 Å². The van der Waals surface area contributed by atoms with Gasteiger partial charge in [-0.05, 0) is 19.1 Å². The molecule has 1 aromatic heterocycles. The molecule has 19 heavy (non-hydrogen) atoms. The van der Waals surface area contributed by atoms with Gasteiger partial charge in [0.15, 0.2) is 5.76 Å². The highest BCUT2D eigenvalue weighted by Crippen LogP contribution is 2.08. The van der Waals surface area contributed by atoms with Crippen LogP contribution in [0.25, 0.3) is 0 Å². The minimum atomic E-state index is -3.17. The Bertz CT molecular complexity index is 434. The molecule has 0 spiro atoms. The second kappa shape index (κ2) is 6.28. The van der Waals surface area contributed by atoms with Crippen LogP contribution in [0.5, 0.6) is 0 Å². The molecular weight excluding hydrogens is 260 g/mol. The Morgan fingerprint density at radius 1 is 1.53 bits per heavy atom. The quantitative estimate of drug-likeness (QED) is 0.686. The molecule has 0 fully saturated rings. The number of furan rings is 1. The highest BCUT2D eigenvalue weighted by atomic mass is 19.3. The van der Waals surface area contributed by atoms with Crippen LogP contribution in [-0.2, 0) is 4.79 Å². The van der Waals surface area contributed by atoms with Crippen molar-refractivity contribution in [1.29, 1.82) is 0 Å². The number of hydrogen-bond donors (Lipinski definition) is 3. The molecule has 0 aliphatic heterocycles. The molecule has 1 aromatic rings. The number of rotatable bonds is 6. The van der Waals surface area contributed by atoms with Gasteiger partial charge < -0.3 is 20.8 Å². The summed E-state index contributed by atoms with van der Waals surface area (Å²) in [5.74, 6) is -4.46. The predicted octanol–water partition coefficient (Wildman–Crippen LogP) is 0.108. The zero-order valence-corrected chi connectivity index (χ0v) is 10.3. The molecule has 8 heteroatoms. The predicted molar refractivity (Wildman–Crippen MR) is 62.6 cm³/mol. The summed E-state index contributed by atoms with van der Waals surface area (Å²) in [6.45, 7) is -0.361. The van der Waals surface area contributed by atoms with Crippen molar-refractivity contribution in [3.05, 3.63) is 24.2 Å². The molecule has 0 radical (unpaired) electrons. The average molecular weight is 275 g/mol. The Hall–Kier alpha value is -1.96. The summed E-state index contributed by atoms with van der Waals surface area (Å²) < 4.78 is 30.5. The molecule has 0 aliphatic rings. The van der Waals surface area contributed by atoms with Gasteiger partial charge in [-0.15, -0.1) is 0 Å². The van der Waals surface area contributed by atoms with Crippen molar-refractivity contribution in [2.75, 3.05) is 13.1 Å². The van der Waals surface area contributed by atoms with E-state index < -0.39 is 36.9 Å². The minimum Gasteiger partial charge on any atom is -0.459 e. The number of alkyl halides is 2. The fraction of sp³-hybridized carbons (Fsp3) is 0.455. The van der Waals surface area contributed by atoms with E-state index in [1.54, 1.807) is 0 Å². The average Bonchev–Trinajstić information content (AvgIpc) is 2.89. The van der Waals surface area contributed by atoms with E-state index in [-0.39, 0.29) is 5.76 Å². The van der Waals surface area contributed by atoms with E-state index in [1.165, 1.54) is 25.3 Å². The van der Waals surface area contributed by atoms with Gasteiger partial charge in [0.2, 0.25) is 5.91 Å². The van der Waals surface area contributed by atoms with Gasteiger partial charge in [-0.2, -0.15) is 0 Å². The third-order valence-electron chi connectivity index (χ3n) is 2.31. The van der Waals surface area contributed by atoms with Crippen LogP contribution in [0.3, 0.4) is 0 Å². The van der Waals surface area contributed by atoms with E-state index in [1.807, 2.05) is 5.32 Å². The Labute approximate surface area is 108 Å². The molecule has 2 amide bonds. The highest BCUT2D eigenvalue weighted by molar-refractivity contribution is 5.95. The van der Waals surface area contributed by atoms with E-state index in [0.29, 0.717) is 0 Å². The summed E-state index contributed by atoms with van der Waals surface area (Å²) in [5, 5.41) is 4.33. The van der Waals surface area contributed by atoms with Gasteiger partial charge in [-0.3, -0.25) is 9.59 Å². The lowest BCUT2D eigenvalue weighted by atomic mass is 10.2. The van der Waals surface area contributed by atoms with E-state index in [2.05, 4.69) is 5.32 Å². The van der Waals surface area contributed by atoms with Gasteiger partial charge in [-0.1, -0.05) is 0 Å². The molecule has 4 N–H and O–H groups in total. The number of amides is 2. The highest BCUT2D eigenvalue weighted by Gasteiger charge is 2.28. The molecule has 106 valence electrons. The molecule has 1 heterocycles. The molecule has 0 saturated carbocycles. The summed E-state index contributed by atoms with van der Waals surface area (Å²) in [4.78, 5) is 23.0. The van der Waals surface area contributed by atoms with E-state index in [4.69, 9.17) is 10.2 Å². The van der Waals surface area contributed by atoms with Gasteiger partial charge in [-0.25, -0.2) is 8.78 Å². The molecular formula is C11H15F2N3O3. The number of hydrogen-bond acceptors (Lipinski definition) is 4. The fourth-order valence-electron chi connectivity index (χ4n) is 1.18. The smallest absolute Gasteiger partial charge is 0.287 e. The summed E-state index contributed by atoms with van der Waals surface area (Å²) in [6.07, 6.45) is 1.31. The van der Waals surface area contributed by atoms with Crippen LogP contribution < -0.4 is 16.4 Å². The molecule has 0 aromatic carbocycles. The zero-order chi connectivity index (χ0) is 14.5. The summed E-state index contributed by atoms with van der Waals surface area (Å²) >= 11 is 0. The minimum absolute atomic E-state index is 0.0342. The second-order valence-corrected chi connectivity index (χ2v) is 3.95.